The summed E-state index contributed by atoms with van der Waals surface area (Å²) in [5, 5.41) is 10.8. The van der Waals surface area contributed by atoms with Gasteiger partial charge in [-0.25, -0.2) is 0 Å². The molecule has 1 aromatic carbocycles. The second kappa shape index (κ2) is 6.74. The molecule has 1 amide bonds. The number of aromatic nitrogens is 3. The van der Waals surface area contributed by atoms with Gasteiger partial charge >= 0.3 is 0 Å². The molecule has 0 saturated carbocycles. The number of rotatable bonds is 4. The van der Waals surface area contributed by atoms with Crippen LogP contribution in [0.2, 0.25) is 0 Å². The summed E-state index contributed by atoms with van der Waals surface area (Å²) in [7, 11) is 0. The Hall–Kier alpha value is -2.96. The van der Waals surface area contributed by atoms with E-state index in [0.29, 0.717) is 17.4 Å². The van der Waals surface area contributed by atoms with Crippen LogP contribution in [0.3, 0.4) is 0 Å². The highest BCUT2D eigenvalue weighted by Crippen LogP contribution is 2.25. The van der Waals surface area contributed by atoms with Crippen molar-refractivity contribution in [2.24, 2.45) is 0 Å². The van der Waals surface area contributed by atoms with Crippen molar-refractivity contribution in [3.63, 3.8) is 0 Å². The molecular formula is C19H20N4O3. The zero-order valence-electron chi connectivity index (χ0n) is 14.8. The van der Waals surface area contributed by atoms with E-state index in [1.165, 1.54) is 0 Å². The van der Waals surface area contributed by atoms with Crippen molar-refractivity contribution in [1.82, 2.24) is 20.6 Å². The largest absolute Gasteiger partial charge is 0.360 e. The molecule has 2 aromatic heterocycles. The third kappa shape index (κ3) is 3.12. The van der Waals surface area contributed by atoms with Crippen LogP contribution in [0, 0.1) is 6.92 Å². The molecule has 7 heteroatoms. The van der Waals surface area contributed by atoms with Gasteiger partial charge in [0.15, 0.2) is 5.69 Å². The van der Waals surface area contributed by atoms with Crippen LogP contribution in [-0.4, -0.2) is 21.2 Å². The van der Waals surface area contributed by atoms with Gasteiger partial charge in [-0.1, -0.05) is 34.1 Å². The van der Waals surface area contributed by atoms with Crippen LogP contribution in [0.15, 0.2) is 33.3 Å². The maximum atomic E-state index is 12.6. The van der Waals surface area contributed by atoms with Gasteiger partial charge in [0.25, 0.3) is 5.91 Å². The van der Waals surface area contributed by atoms with Gasteiger partial charge in [-0.3, -0.25) is 4.79 Å². The Morgan fingerprint density at radius 3 is 2.88 bits per heavy atom. The van der Waals surface area contributed by atoms with Crippen LogP contribution in [-0.2, 0) is 12.8 Å². The minimum absolute atomic E-state index is 0.278. The van der Waals surface area contributed by atoms with E-state index < -0.39 is 6.04 Å². The van der Waals surface area contributed by atoms with Crippen molar-refractivity contribution < 1.29 is 13.8 Å². The SMILES string of the molecule is Cc1cccc(-c2noc([C@H](C)NC(=O)c3noc4c3CCCC4)n2)c1. The van der Waals surface area contributed by atoms with E-state index in [1.54, 1.807) is 6.92 Å². The van der Waals surface area contributed by atoms with E-state index in [0.717, 1.165) is 48.1 Å². The summed E-state index contributed by atoms with van der Waals surface area (Å²) in [5.41, 5.74) is 3.28. The number of nitrogens with zero attached hydrogens (tertiary/aromatic N) is 3. The van der Waals surface area contributed by atoms with Gasteiger partial charge in [-0.2, -0.15) is 4.98 Å². The van der Waals surface area contributed by atoms with E-state index >= 15 is 0 Å². The monoisotopic (exact) mass is 352 g/mol. The van der Waals surface area contributed by atoms with E-state index in [-0.39, 0.29) is 5.91 Å². The number of fused-ring (bicyclic) bond motifs is 1. The molecule has 0 radical (unpaired) electrons. The summed E-state index contributed by atoms with van der Waals surface area (Å²) in [5.74, 6) is 1.41. The molecule has 7 nitrogen and oxygen atoms in total. The molecule has 3 aromatic rings. The average Bonchev–Trinajstić information content (AvgIpc) is 3.29. The summed E-state index contributed by atoms with van der Waals surface area (Å²) in [6, 6.07) is 7.43. The molecule has 4 rings (SSSR count). The van der Waals surface area contributed by atoms with Crippen LogP contribution in [0.4, 0.5) is 0 Å². The summed E-state index contributed by atoms with van der Waals surface area (Å²) >= 11 is 0. The highest BCUT2D eigenvalue weighted by atomic mass is 16.5. The van der Waals surface area contributed by atoms with Gasteiger partial charge in [0.05, 0.1) is 0 Å². The highest BCUT2D eigenvalue weighted by Gasteiger charge is 2.26. The quantitative estimate of drug-likeness (QED) is 0.773. The smallest absolute Gasteiger partial charge is 0.274 e. The lowest BCUT2D eigenvalue weighted by Crippen LogP contribution is -2.28. The van der Waals surface area contributed by atoms with Crippen molar-refractivity contribution in [2.45, 2.75) is 45.6 Å². The molecule has 134 valence electrons. The predicted octanol–water partition coefficient (Wildman–Crippen LogP) is 3.40. The zero-order chi connectivity index (χ0) is 18.1. The lowest BCUT2D eigenvalue weighted by molar-refractivity contribution is 0.0922. The van der Waals surface area contributed by atoms with Crippen LogP contribution in [0.5, 0.6) is 0 Å². The predicted molar refractivity (Wildman–Crippen MR) is 93.5 cm³/mol. The van der Waals surface area contributed by atoms with Crippen LogP contribution < -0.4 is 5.32 Å². The average molecular weight is 352 g/mol. The Morgan fingerprint density at radius 2 is 2.04 bits per heavy atom. The molecule has 26 heavy (non-hydrogen) atoms. The minimum Gasteiger partial charge on any atom is -0.360 e. The Bertz CT molecular complexity index is 944. The Balaban J connectivity index is 1.49. The van der Waals surface area contributed by atoms with Crippen LogP contribution >= 0.6 is 0 Å². The van der Waals surface area contributed by atoms with Crippen LogP contribution in [0.1, 0.15) is 59.1 Å². The van der Waals surface area contributed by atoms with Crippen molar-refractivity contribution in [3.8, 4) is 11.4 Å². The van der Waals surface area contributed by atoms with Crippen molar-refractivity contribution >= 4 is 5.91 Å². The first kappa shape index (κ1) is 16.5. The third-order valence-corrected chi connectivity index (χ3v) is 4.60. The first-order chi connectivity index (χ1) is 12.6. The normalized spacial score (nSPS) is 14.7. The molecular weight excluding hydrogens is 332 g/mol. The summed E-state index contributed by atoms with van der Waals surface area (Å²) in [4.78, 5) is 17.0. The Morgan fingerprint density at radius 1 is 1.19 bits per heavy atom. The molecule has 0 bridgehead atoms. The second-order valence-electron chi connectivity index (χ2n) is 6.66. The minimum atomic E-state index is -0.426. The Kier molecular flexibility index (Phi) is 4.28. The summed E-state index contributed by atoms with van der Waals surface area (Å²) in [6.45, 7) is 3.81. The van der Waals surface area contributed by atoms with Gasteiger partial charge in [0, 0.05) is 17.5 Å². The van der Waals surface area contributed by atoms with Crippen molar-refractivity contribution in [1.29, 1.82) is 0 Å². The standard InChI is InChI=1S/C19H20N4O3/c1-11-6-5-7-13(10-11)17-21-19(26-23-17)12(2)20-18(24)16-14-8-3-4-9-15(14)25-22-16/h5-7,10,12H,3-4,8-9H2,1-2H3,(H,20,24)/t12-/m0/s1. The molecule has 0 aliphatic heterocycles. The summed E-state index contributed by atoms with van der Waals surface area (Å²) in [6.07, 6.45) is 3.79. The fraction of sp³-hybridized carbons (Fsp3) is 0.368. The molecule has 1 N–H and O–H groups in total. The summed E-state index contributed by atoms with van der Waals surface area (Å²) < 4.78 is 10.6. The van der Waals surface area contributed by atoms with Gasteiger partial charge in [-0.15, -0.1) is 0 Å². The Labute approximate surface area is 150 Å². The lowest BCUT2D eigenvalue weighted by Gasteiger charge is -2.11. The number of carbonyl (C=O) groups is 1. The van der Waals surface area contributed by atoms with Crippen molar-refractivity contribution in [2.75, 3.05) is 0 Å². The third-order valence-electron chi connectivity index (χ3n) is 4.60. The fourth-order valence-electron chi connectivity index (χ4n) is 3.20. The second-order valence-corrected chi connectivity index (χ2v) is 6.66. The van der Waals surface area contributed by atoms with E-state index in [4.69, 9.17) is 9.05 Å². The molecule has 0 spiro atoms. The molecule has 1 aliphatic rings. The maximum Gasteiger partial charge on any atom is 0.274 e. The fourth-order valence-corrected chi connectivity index (χ4v) is 3.20. The first-order valence-corrected chi connectivity index (χ1v) is 8.81. The number of hydrogen-bond donors (Lipinski definition) is 1. The number of nitrogens with one attached hydrogen (secondary N) is 1. The number of aryl methyl sites for hydroxylation is 2. The number of benzene rings is 1. The van der Waals surface area contributed by atoms with Crippen LogP contribution in [0.25, 0.3) is 11.4 Å². The van der Waals surface area contributed by atoms with E-state index in [9.17, 15) is 4.79 Å². The lowest BCUT2D eigenvalue weighted by atomic mass is 9.96. The van der Waals surface area contributed by atoms with Gasteiger partial charge < -0.3 is 14.4 Å². The number of hydrogen-bond acceptors (Lipinski definition) is 6. The van der Waals surface area contributed by atoms with E-state index in [2.05, 4.69) is 20.6 Å². The molecule has 0 fully saturated rings. The number of carbonyl (C=O) groups excluding carboxylic acids is 1. The van der Waals surface area contributed by atoms with E-state index in [1.807, 2.05) is 31.2 Å². The molecule has 0 unspecified atom stereocenters. The van der Waals surface area contributed by atoms with Crippen molar-refractivity contribution in [3.05, 3.63) is 52.7 Å². The zero-order valence-corrected chi connectivity index (χ0v) is 14.8. The molecule has 1 atom stereocenters. The topological polar surface area (TPSA) is 94.1 Å². The molecule has 1 aliphatic carbocycles. The molecule has 0 saturated heterocycles. The number of amides is 1. The molecule has 2 heterocycles. The highest BCUT2D eigenvalue weighted by molar-refractivity contribution is 5.94. The van der Waals surface area contributed by atoms with Gasteiger partial charge in [0.2, 0.25) is 11.7 Å². The maximum absolute atomic E-state index is 12.6. The van der Waals surface area contributed by atoms with Gasteiger partial charge in [-0.05, 0) is 39.2 Å². The van der Waals surface area contributed by atoms with Gasteiger partial charge in [0.1, 0.15) is 11.8 Å². The first-order valence-electron chi connectivity index (χ1n) is 8.81.